The molecule has 0 saturated heterocycles. The third-order valence-electron chi connectivity index (χ3n) is 6.71. The highest BCUT2D eigenvalue weighted by atomic mass is 32.2. The maximum atomic E-state index is 12.7. The first kappa shape index (κ1) is 22.7. The molecule has 1 aliphatic carbocycles. The van der Waals surface area contributed by atoms with Gasteiger partial charge in [-0.1, -0.05) is 74.0 Å². The molecule has 1 fully saturated rings. The maximum Gasteiger partial charge on any atom is 0.251 e. The van der Waals surface area contributed by atoms with E-state index in [-0.39, 0.29) is 5.91 Å². The van der Waals surface area contributed by atoms with Crippen molar-refractivity contribution in [1.29, 1.82) is 0 Å². The van der Waals surface area contributed by atoms with Gasteiger partial charge in [0.15, 0.2) is 5.16 Å². The normalized spacial score (nSPS) is 18.1. The lowest BCUT2D eigenvalue weighted by Crippen LogP contribution is -2.41. The van der Waals surface area contributed by atoms with Crippen molar-refractivity contribution in [3.63, 3.8) is 0 Å². The summed E-state index contributed by atoms with van der Waals surface area (Å²) >= 11 is 1.71. The molecule has 2 atom stereocenters. The Hall–Kier alpha value is -3.12. The number of fused-ring (bicyclic) bond motifs is 1. The minimum absolute atomic E-state index is 0.0371. The lowest BCUT2D eigenvalue weighted by molar-refractivity contribution is 0.0910. The first-order valence-electron chi connectivity index (χ1n) is 12.0. The van der Waals surface area contributed by atoms with Crippen LogP contribution in [0, 0.1) is 5.92 Å². The molecule has 5 nitrogen and oxygen atoms in total. The summed E-state index contributed by atoms with van der Waals surface area (Å²) in [5.74, 6) is 1.38. The van der Waals surface area contributed by atoms with E-state index in [9.17, 15) is 4.79 Å². The van der Waals surface area contributed by atoms with Crippen LogP contribution in [0.15, 0.2) is 78.2 Å². The van der Waals surface area contributed by atoms with Gasteiger partial charge in [0.1, 0.15) is 0 Å². The summed E-state index contributed by atoms with van der Waals surface area (Å²) in [6.07, 6.45) is 8.43. The summed E-state index contributed by atoms with van der Waals surface area (Å²) in [5.41, 5.74) is 5.13. The van der Waals surface area contributed by atoms with E-state index in [0.29, 0.717) is 12.0 Å². The van der Waals surface area contributed by atoms with Gasteiger partial charge in [-0.15, -0.1) is 0 Å². The van der Waals surface area contributed by atoms with Gasteiger partial charge < -0.3 is 9.88 Å². The zero-order valence-electron chi connectivity index (χ0n) is 19.5. The summed E-state index contributed by atoms with van der Waals surface area (Å²) < 4.78 is 2.23. The molecule has 2 aromatic carbocycles. The molecule has 0 spiro atoms. The van der Waals surface area contributed by atoms with Gasteiger partial charge in [0.25, 0.3) is 5.91 Å². The second-order valence-electron chi connectivity index (χ2n) is 9.16. The van der Waals surface area contributed by atoms with Crippen molar-refractivity contribution in [2.24, 2.45) is 5.92 Å². The number of carbonyl (C=O) groups is 1. The van der Waals surface area contributed by atoms with Crippen LogP contribution in [-0.4, -0.2) is 26.5 Å². The number of nitrogens with zero attached hydrogens (tertiary/aromatic N) is 3. The first-order valence-corrected chi connectivity index (χ1v) is 13.0. The molecule has 0 radical (unpaired) electrons. The third-order valence-corrected chi connectivity index (χ3v) is 7.76. The van der Waals surface area contributed by atoms with Crippen molar-refractivity contribution in [2.45, 2.75) is 56.1 Å². The monoisotopic (exact) mass is 470 g/mol. The second kappa shape index (κ2) is 10.4. The van der Waals surface area contributed by atoms with Gasteiger partial charge >= 0.3 is 0 Å². The molecule has 1 aliphatic rings. The third kappa shape index (κ3) is 5.17. The summed E-state index contributed by atoms with van der Waals surface area (Å²) in [7, 11) is 0. The van der Waals surface area contributed by atoms with Crippen LogP contribution in [-0.2, 0) is 12.3 Å². The van der Waals surface area contributed by atoms with E-state index in [0.717, 1.165) is 40.5 Å². The van der Waals surface area contributed by atoms with Crippen molar-refractivity contribution in [2.75, 3.05) is 0 Å². The van der Waals surface area contributed by atoms with E-state index in [4.69, 9.17) is 4.98 Å². The molecule has 2 aromatic heterocycles. The minimum Gasteiger partial charge on any atom is -0.349 e. The van der Waals surface area contributed by atoms with Crippen LogP contribution >= 0.6 is 11.8 Å². The molecule has 1 saturated carbocycles. The van der Waals surface area contributed by atoms with Gasteiger partial charge in [-0.25, -0.2) is 4.98 Å². The van der Waals surface area contributed by atoms with Crippen molar-refractivity contribution in [3.8, 4) is 0 Å². The van der Waals surface area contributed by atoms with Crippen molar-refractivity contribution >= 4 is 28.7 Å². The van der Waals surface area contributed by atoms with Crippen LogP contribution < -0.4 is 5.32 Å². The molecule has 0 unspecified atom stereocenters. The number of hydrogen-bond acceptors (Lipinski definition) is 4. The van der Waals surface area contributed by atoms with Gasteiger partial charge in [0.05, 0.1) is 23.8 Å². The van der Waals surface area contributed by atoms with Crippen molar-refractivity contribution in [3.05, 3.63) is 89.7 Å². The van der Waals surface area contributed by atoms with E-state index in [1.54, 1.807) is 18.0 Å². The van der Waals surface area contributed by atoms with Gasteiger partial charge in [-0.3, -0.25) is 9.78 Å². The van der Waals surface area contributed by atoms with Crippen LogP contribution in [0.3, 0.4) is 0 Å². The summed E-state index contributed by atoms with van der Waals surface area (Å²) in [4.78, 5) is 21.9. The minimum atomic E-state index is 0.0371. The fraction of sp³-hybridized carbons (Fsp3) is 0.321. The van der Waals surface area contributed by atoms with E-state index in [1.807, 2.05) is 30.5 Å². The van der Waals surface area contributed by atoms with Gasteiger partial charge in [0.2, 0.25) is 0 Å². The second-order valence-corrected chi connectivity index (χ2v) is 10.1. The van der Waals surface area contributed by atoms with Crippen LogP contribution in [0.5, 0.6) is 0 Å². The van der Waals surface area contributed by atoms with E-state index in [1.165, 1.54) is 30.4 Å². The van der Waals surface area contributed by atoms with E-state index in [2.05, 4.69) is 58.2 Å². The fourth-order valence-corrected chi connectivity index (χ4v) is 5.63. The SMILES string of the molecule is C[C@H]1CCCC[C@H]1NC(=O)c1ccc(CSc2nc3ccncc3n2Cc2ccccc2)cc1. The zero-order chi connectivity index (χ0) is 23.3. The number of aromatic nitrogens is 3. The Morgan fingerprint density at radius 3 is 2.62 bits per heavy atom. The van der Waals surface area contributed by atoms with E-state index < -0.39 is 0 Å². The average molecular weight is 471 g/mol. The Bertz CT molecular complexity index is 1250. The summed E-state index contributed by atoms with van der Waals surface area (Å²) in [5, 5.41) is 4.22. The maximum absolute atomic E-state index is 12.7. The predicted molar refractivity (Wildman–Crippen MR) is 138 cm³/mol. The Morgan fingerprint density at radius 1 is 1.03 bits per heavy atom. The van der Waals surface area contributed by atoms with Gasteiger partial charge in [0, 0.05) is 23.6 Å². The number of thioether (sulfide) groups is 1. The summed E-state index contributed by atoms with van der Waals surface area (Å²) in [6.45, 7) is 3.00. The number of nitrogens with one attached hydrogen (secondary N) is 1. The molecule has 4 aromatic rings. The predicted octanol–water partition coefficient (Wildman–Crippen LogP) is 6.08. The lowest BCUT2D eigenvalue weighted by Gasteiger charge is -2.29. The molecule has 2 heterocycles. The number of hydrogen-bond donors (Lipinski definition) is 1. The highest BCUT2D eigenvalue weighted by Gasteiger charge is 2.23. The van der Waals surface area contributed by atoms with Gasteiger partial charge in [-0.2, -0.15) is 0 Å². The molecule has 6 heteroatoms. The lowest BCUT2D eigenvalue weighted by atomic mass is 9.86. The fourth-order valence-electron chi connectivity index (χ4n) is 4.66. The number of imidazole rings is 1. The Kier molecular flexibility index (Phi) is 6.95. The standard InChI is InChI=1S/C28H30N4OS/c1-20-7-5-6-10-24(20)30-27(33)23-13-11-22(12-14-23)19-34-28-31-25-15-16-29-17-26(25)32(28)18-21-8-3-2-4-9-21/h2-4,8-9,11-17,20,24H,5-7,10,18-19H2,1H3,(H,30,33)/t20-,24+/m0/s1. The number of benzene rings is 2. The molecular weight excluding hydrogens is 440 g/mol. The topological polar surface area (TPSA) is 59.8 Å². The van der Waals surface area contributed by atoms with Gasteiger partial charge in [-0.05, 0) is 48.1 Å². The molecular formula is C28H30N4OS. The number of rotatable bonds is 7. The zero-order valence-corrected chi connectivity index (χ0v) is 20.3. The highest BCUT2D eigenvalue weighted by Crippen LogP contribution is 2.28. The number of amides is 1. The molecule has 0 bridgehead atoms. The molecule has 174 valence electrons. The van der Waals surface area contributed by atoms with Crippen molar-refractivity contribution in [1.82, 2.24) is 19.9 Å². The largest absolute Gasteiger partial charge is 0.349 e. The van der Waals surface area contributed by atoms with Crippen LogP contribution in [0.25, 0.3) is 11.0 Å². The quantitative estimate of drug-likeness (QED) is 0.333. The first-order chi connectivity index (χ1) is 16.7. The molecule has 0 aliphatic heterocycles. The highest BCUT2D eigenvalue weighted by molar-refractivity contribution is 7.98. The Morgan fingerprint density at radius 2 is 1.82 bits per heavy atom. The smallest absolute Gasteiger partial charge is 0.251 e. The molecule has 1 N–H and O–H groups in total. The van der Waals surface area contributed by atoms with E-state index >= 15 is 0 Å². The number of carbonyl (C=O) groups excluding carboxylic acids is 1. The van der Waals surface area contributed by atoms with Crippen LogP contribution in [0.2, 0.25) is 0 Å². The molecule has 5 rings (SSSR count). The van der Waals surface area contributed by atoms with Crippen LogP contribution in [0.1, 0.15) is 54.1 Å². The van der Waals surface area contributed by atoms with Crippen molar-refractivity contribution < 1.29 is 4.79 Å². The molecule has 34 heavy (non-hydrogen) atoms. The van der Waals surface area contributed by atoms with Crippen LogP contribution in [0.4, 0.5) is 0 Å². The molecule has 1 amide bonds. The Labute approximate surface area is 205 Å². The average Bonchev–Trinajstić information content (AvgIpc) is 3.22. The number of pyridine rings is 1. The summed E-state index contributed by atoms with van der Waals surface area (Å²) in [6, 6.07) is 20.7. The Balaban J connectivity index is 1.27.